The number of hydrogen-bond acceptors (Lipinski definition) is 5. The molecule has 6 heteroatoms. The Hall–Kier alpha value is -3.15. The molecule has 0 atom stereocenters. The van der Waals surface area contributed by atoms with Crippen LogP contribution >= 0.6 is 0 Å². The number of carbonyl (C=O) groups excluding carboxylic acids is 1. The number of amides is 1. The predicted octanol–water partition coefficient (Wildman–Crippen LogP) is 3.35. The van der Waals surface area contributed by atoms with Crippen molar-refractivity contribution in [3.63, 3.8) is 0 Å². The lowest BCUT2D eigenvalue weighted by atomic mass is 9.64. The van der Waals surface area contributed by atoms with Crippen LogP contribution in [0.5, 0.6) is 5.75 Å². The molecule has 4 rings (SSSR count). The fourth-order valence-electron chi connectivity index (χ4n) is 3.42. The van der Waals surface area contributed by atoms with E-state index in [0.717, 1.165) is 18.4 Å². The van der Waals surface area contributed by atoms with Gasteiger partial charge in [0.15, 0.2) is 6.61 Å². The number of nitrogens with one attached hydrogen (secondary N) is 1. The molecule has 27 heavy (non-hydrogen) atoms. The SMILES string of the molecule is O=C(COc1ccc(-c2nnco2)cc1)NCC1(c2ccccc2)CCC1. The molecule has 0 spiro atoms. The highest BCUT2D eigenvalue weighted by atomic mass is 16.5. The van der Waals surface area contributed by atoms with Gasteiger partial charge in [0.1, 0.15) is 5.75 Å². The molecule has 0 unspecified atom stereocenters. The molecular weight excluding hydrogens is 342 g/mol. The third-order valence-corrected chi connectivity index (χ3v) is 5.15. The number of carbonyl (C=O) groups is 1. The van der Waals surface area contributed by atoms with Crippen molar-refractivity contribution in [2.45, 2.75) is 24.7 Å². The Kier molecular flexibility index (Phi) is 4.87. The van der Waals surface area contributed by atoms with Crippen LogP contribution in [0.25, 0.3) is 11.5 Å². The lowest BCUT2D eigenvalue weighted by molar-refractivity contribution is -0.123. The normalized spacial score (nSPS) is 15.0. The van der Waals surface area contributed by atoms with Crippen LogP contribution in [0.3, 0.4) is 0 Å². The fraction of sp³-hybridized carbons (Fsp3) is 0.286. The Labute approximate surface area is 157 Å². The van der Waals surface area contributed by atoms with Gasteiger partial charge in [-0.25, -0.2) is 0 Å². The largest absolute Gasteiger partial charge is 0.484 e. The number of rotatable bonds is 7. The molecule has 138 valence electrons. The summed E-state index contributed by atoms with van der Waals surface area (Å²) >= 11 is 0. The van der Waals surface area contributed by atoms with Crippen molar-refractivity contribution >= 4 is 5.91 Å². The van der Waals surface area contributed by atoms with Gasteiger partial charge in [-0.1, -0.05) is 36.8 Å². The van der Waals surface area contributed by atoms with Crippen LogP contribution in [-0.4, -0.2) is 29.3 Å². The molecule has 1 aliphatic carbocycles. The minimum Gasteiger partial charge on any atom is -0.484 e. The van der Waals surface area contributed by atoms with Crippen LogP contribution in [0, 0.1) is 0 Å². The summed E-state index contributed by atoms with van der Waals surface area (Å²) < 4.78 is 10.7. The maximum atomic E-state index is 12.2. The highest BCUT2D eigenvalue weighted by Gasteiger charge is 2.38. The Morgan fingerprint density at radius 2 is 1.89 bits per heavy atom. The standard InChI is InChI=1S/C21H21N3O3/c25-19(22-14-21(11-4-12-21)17-5-2-1-3-6-17)13-26-18-9-7-16(8-10-18)20-24-23-15-27-20/h1-3,5-10,15H,4,11-14H2,(H,22,25). The van der Waals surface area contributed by atoms with Crippen molar-refractivity contribution in [1.29, 1.82) is 0 Å². The molecule has 1 aromatic heterocycles. The number of hydrogen-bond donors (Lipinski definition) is 1. The van der Waals surface area contributed by atoms with Crippen LogP contribution in [-0.2, 0) is 10.2 Å². The van der Waals surface area contributed by atoms with E-state index in [1.807, 2.05) is 18.2 Å². The van der Waals surface area contributed by atoms with E-state index in [-0.39, 0.29) is 17.9 Å². The van der Waals surface area contributed by atoms with Crippen molar-refractivity contribution in [3.05, 3.63) is 66.6 Å². The average molecular weight is 363 g/mol. The van der Waals surface area contributed by atoms with Crippen molar-refractivity contribution in [1.82, 2.24) is 15.5 Å². The summed E-state index contributed by atoms with van der Waals surface area (Å²) in [4.78, 5) is 12.2. The zero-order valence-electron chi connectivity index (χ0n) is 14.9. The number of benzene rings is 2. The van der Waals surface area contributed by atoms with E-state index in [1.54, 1.807) is 12.1 Å². The second-order valence-corrected chi connectivity index (χ2v) is 6.83. The van der Waals surface area contributed by atoms with Crippen LogP contribution in [0.2, 0.25) is 0 Å². The fourth-order valence-corrected chi connectivity index (χ4v) is 3.42. The Bertz CT molecular complexity index is 873. The van der Waals surface area contributed by atoms with E-state index < -0.39 is 0 Å². The van der Waals surface area contributed by atoms with Gasteiger partial charge >= 0.3 is 0 Å². The smallest absolute Gasteiger partial charge is 0.257 e. The molecule has 1 saturated carbocycles. The van der Waals surface area contributed by atoms with Gasteiger partial charge in [0.25, 0.3) is 5.91 Å². The highest BCUT2D eigenvalue weighted by molar-refractivity contribution is 5.77. The Morgan fingerprint density at radius 1 is 1.11 bits per heavy atom. The van der Waals surface area contributed by atoms with Gasteiger partial charge in [-0.05, 0) is 42.7 Å². The first kappa shape index (κ1) is 17.3. The number of aromatic nitrogens is 2. The quantitative estimate of drug-likeness (QED) is 0.696. The summed E-state index contributed by atoms with van der Waals surface area (Å²) in [6, 6.07) is 17.6. The Balaban J connectivity index is 1.28. The van der Waals surface area contributed by atoms with Gasteiger partial charge in [-0.3, -0.25) is 4.79 Å². The third-order valence-electron chi connectivity index (χ3n) is 5.15. The second kappa shape index (κ2) is 7.61. The van der Waals surface area contributed by atoms with E-state index in [1.165, 1.54) is 18.4 Å². The maximum Gasteiger partial charge on any atom is 0.257 e. The summed E-state index contributed by atoms with van der Waals surface area (Å²) in [6.07, 6.45) is 4.70. The van der Waals surface area contributed by atoms with Crippen molar-refractivity contribution in [2.24, 2.45) is 0 Å². The highest BCUT2D eigenvalue weighted by Crippen LogP contribution is 2.43. The molecule has 0 radical (unpaired) electrons. The average Bonchev–Trinajstić information content (AvgIpc) is 3.22. The van der Waals surface area contributed by atoms with Crippen LogP contribution in [0.1, 0.15) is 24.8 Å². The van der Waals surface area contributed by atoms with Gasteiger partial charge in [-0.2, -0.15) is 0 Å². The van der Waals surface area contributed by atoms with E-state index in [0.29, 0.717) is 18.2 Å². The molecule has 1 N–H and O–H groups in total. The van der Waals surface area contributed by atoms with Gasteiger partial charge in [0.05, 0.1) is 0 Å². The van der Waals surface area contributed by atoms with Gasteiger partial charge in [0.2, 0.25) is 12.3 Å². The summed E-state index contributed by atoms with van der Waals surface area (Å²) in [5, 5.41) is 10.5. The molecule has 0 aliphatic heterocycles. The molecule has 1 heterocycles. The van der Waals surface area contributed by atoms with E-state index in [2.05, 4.69) is 39.8 Å². The monoisotopic (exact) mass is 363 g/mol. The van der Waals surface area contributed by atoms with E-state index in [9.17, 15) is 4.79 Å². The molecular formula is C21H21N3O3. The molecule has 0 saturated heterocycles. The second-order valence-electron chi connectivity index (χ2n) is 6.83. The van der Waals surface area contributed by atoms with Gasteiger partial charge < -0.3 is 14.5 Å². The molecule has 1 fully saturated rings. The third kappa shape index (κ3) is 3.84. The summed E-state index contributed by atoms with van der Waals surface area (Å²) in [5.41, 5.74) is 2.18. The summed E-state index contributed by atoms with van der Waals surface area (Å²) in [6.45, 7) is 0.639. The molecule has 3 aromatic rings. The first-order valence-corrected chi connectivity index (χ1v) is 9.07. The number of ether oxygens (including phenoxy) is 1. The van der Waals surface area contributed by atoms with Crippen molar-refractivity contribution in [2.75, 3.05) is 13.2 Å². The topological polar surface area (TPSA) is 77.2 Å². The van der Waals surface area contributed by atoms with E-state index >= 15 is 0 Å². The van der Waals surface area contributed by atoms with Crippen molar-refractivity contribution < 1.29 is 13.9 Å². The summed E-state index contributed by atoms with van der Waals surface area (Å²) in [7, 11) is 0. The lowest BCUT2D eigenvalue weighted by Gasteiger charge is -2.42. The lowest BCUT2D eigenvalue weighted by Crippen LogP contribution is -2.46. The molecule has 1 amide bonds. The van der Waals surface area contributed by atoms with E-state index in [4.69, 9.17) is 9.15 Å². The van der Waals surface area contributed by atoms with Crippen LogP contribution in [0.4, 0.5) is 0 Å². The zero-order chi connectivity index (χ0) is 18.5. The van der Waals surface area contributed by atoms with Crippen LogP contribution < -0.4 is 10.1 Å². The van der Waals surface area contributed by atoms with Crippen molar-refractivity contribution in [3.8, 4) is 17.2 Å². The molecule has 2 aromatic carbocycles. The number of nitrogens with zero attached hydrogens (tertiary/aromatic N) is 2. The Morgan fingerprint density at radius 3 is 2.52 bits per heavy atom. The summed E-state index contributed by atoms with van der Waals surface area (Å²) in [5.74, 6) is 0.957. The van der Waals surface area contributed by atoms with Crippen LogP contribution in [0.15, 0.2) is 65.4 Å². The van der Waals surface area contributed by atoms with Gasteiger partial charge in [-0.15, -0.1) is 10.2 Å². The first-order chi connectivity index (χ1) is 13.3. The predicted molar refractivity (Wildman–Crippen MR) is 100 cm³/mol. The maximum absolute atomic E-state index is 12.2. The first-order valence-electron chi connectivity index (χ1n) is 9.07. The molecule has 6 nitrogen and oxygen atoms in total. The zero-order valence-corrected chi connectivity index (χ0v) is 14.9. The van der Waals surface area contributed by atoms with Gasteiger partial charge in [0, 0.05) is 17.5 Å². The minimum absolute atomic E-state index is 0.00915. The molecule has 1 aliphatic rings. The minimum atomic E-state index is -0.113. The molecule has 0 bridgehead atoms.